The van der Waals surface area contributed by atoms with Crippen molar-refractivity contribution in [1.82, 2.24) is 15.2 Å². The second-order valence-corrected chi connectivity index (χ2v) is 8.79. The number of nitrogens with one attached hydrogen (secondary N) is 2. The molecular weight excluding hydrogens is 397 g/mol. The normalized spacial score (nSPS) is 17.5. The molecule has 154 valence electrons. The molecular formula is C20H22FN3O4S. The van der Waals surface area contributed by atoms with Crippen LogP contribution in [0.25, 0.3) is 0 Å². The van der Waals surface area contributed by atoms with E-state index in [1.54, 1.807) is 0 Å². The van der Waals surface area contributed by atoms with Gasteiger partial charge in [-0.2, -0.15) is 4.31 Å². The molecule has 0 unspecified atom stereocenters. The number of sulfonamides is 1. The number of hydrazine groups is 1. The molecule has 3 rings (SSSR count). The number of rotatable bonds is 4. The Kier molecular flexibility index (Phi) is 6.29. The maximum atomic E-state index is 12.9. The molecule has 1 heterocycles. The van der Waals surface area contributed by atoms with Crippen molar-refractivity contribution >= 4 is 21.8 Å². The summed E-state index contributed by atoms with van der Waals surface area (Å²) >= 11 is 0. The first-order valence-electron chi connectivity index (χ1n) is 9.27. The van der Waals surface area contributed by atoms with Crippen molar-refractivity contribution in [3.63, 3.8) is 0 Å². The fourth-order valence-electron chi connectivity index (χ4n) is 3.20. The molecule has 1 saturated heterocycles. The Hall–Kier alpha value is -2.78. The first kappa shape index (κ1) is 20.9. The monoisotopic (exact) mass is 419 g/mol. The van der Waals surface area contributed by atoms with Crippen LogP contribution in [0.15, 0.2) is 53.4 Å². The molecule has 29 heavy (non-hydrogen) atoms. The van der Waals surface area contributed by atoms with Crippen molar-refractivity contribution in [3.05, 3.63) is 65.5 Å². The molecule has 1 fully saturated rings. The lowest BCUT2D eigenvalue weighted by molar-refractivity contribution is 0.0846. The van der Waals surface area contributed by atoms with Crippen molar-refractivity contribution in [2.24, 2.45) is 0 Å². The van der Waals surface area contributed by atoms with Crippen LogP contribution in [0, 0.1) is 5.82 Å². The molecule has 1 aliphatic rings. The van der Waals surface area contributed by atoms with Gasteiger partial charge in [0.25, 0.3) is 11.8 Å². The van der Waals surface area contributed by atoms with Gasteiger partial charge in [0.1, 0.15) is 5.82 Å². The van der Waals surface area contributed by atoms with Gasteiger partial charge in [-0.25, -0.2) is 12.8 Å². The molecule has 0 bridgehead atoms. The summed E-state index contributed by atoms with van der Waals surface area (Å²) in [5.74, 6) is -1.67. The second-order valence-electron chi connectivity index (χ2n) is 6.90. The fraction of sp³-hybridized carbons (Fsp3) is 0.300. The van der Waals surface area contributed by atoms with Crippen LogP contribution in [0.2, 0.25) is 0 Å². The highest BCUT2D eigenvalue weighted by Gasteiger charge is 2.30. The Morgan fingerprint density at radius 1 is 0.931 bits per heavy atom. The minimum atomic E-state index is -3.62. The minimum Gasteiger partial charge on any atom is -0.267 e. The van der Waals surface area contributed by atoms with Gasteiger partial charge in [0.05, 0.1) is 4.90 Å². The molecule has 0 aromatic heterocycles. The second kappa shape index (κ2) is 8.71. The predicted molar refractivity (Wildman–Crippen MR) is 105 cm³/mol. The zero-order chi connectivity index (χ0) is 21.0. The fourth-order valence-corrected chi connectivity index (χ4v) is 4.90. The molecule has 2 aromatic rings. The molecule has 2 amide bonds. The van der Waals surface area contributed by atoms with E-state index in [4.69, 9.17) is 0 Å². The molecule has 2 aromatic carbocycles. The molecule has 7 nitrogen and oxygen atoms in total. The molecule has 0 radical (unpaired) electrons. The maximum Gasteiger partial charge on any atom is 0.269 e. The van der Waals surface area contributed by atoms with Crippen LogP contribution < -0.4 is 10.9 Å². The van der Waals surface area contributed by atoms with E-state index in [0.29, 0.717) is 6.54 Å². The molecule has 9 heteroatoms. The van der Waals surface area contributed by atoms with E-state index < -0.39 is 27.7 Å². The van der Waals surface area contributed by atoms with E-state index in [2.05, 4.69) is 10.9 Å². The number of halogens is 1. The third kappa shape index (κ3) is 4.80. The quantitative estimate of drug-likeness (QED) is 0.745. The van der Waals surface area contributed by atoms with Crippen molar-refractivity contribution in [3.8, 4) is 0 Å². The van der Waals surface area contributed by atoms with Crippen LogP contribution in [0.3, 0.4) is 0 Å². The zero-order valence-electron chi connectivity index (χ0n) is 15.9. The van der Waals surface area contributed by atoms with Gasteiger partial charge >= 0.3 is 0 Å². The summed E-state index contributed by atoms with van der Waals surface area (Å²) in [6.45, 7) is 2.38. The lowest BCUT2D eigenvalue weighted by Crippen LogP contribution is -2.42. The average molecular weight is 419 g/mol. The Bertz CT molecular complexity index is 991. The van der Waals surface area contributed by atoms with Gasteiger partial charge in [-0.1, -0.05) is 6.42 Å². The zero-order valence-corrected chi connectivity index (χ0v) is 16.7. The Morgan fingerprint density at radius 2 is 1.45 bits per heavy atom. The van der Waals surface area contributed by atoms with Crippen LogP contribution in [-0.4, -0.2) is 37.1 Å². The largest absolute Gasteiger partial charge is 0.269 e. The first-order valence-corrected chi connectivity index (χ1v) is 10.7. The average Bonchev–Trinajstić information content (AvgIpc) is 2.72. The van der Waals surface area contributed by atoms with E-state index in [1.807, 2.05) is 6.92 Å². The van der Waals surface area contributed by atoms with Gasteiger partial charge in [0, 0.05) is 23.7 Å². The number of piperidine rings is 1. The van der Waals surface area contributed by atoms with Crippen LogP contribution in [0.4, 0.5) is 4.39 Å². The molecule has 0 aliphatic carbocycles. The minimum absolute atomic E-state index is 0.0570. The van der Waals surface area contributed by atoms with Gasteiger partial charge in [0.15, 0.2) is 0 Å². The molecule has 0 saturated carbocycles. The summed E-state index contributed by atoms with van der Waals surface area (Å²) in [6, 6.07) is 10.3. The van der Waals surface area contributed by atoms with Gasteiger partial charge < -0.3 is 0 Å². The number of amides is 2. The number of nitrogens with zero attached hydrogens (tertiary/aromatic N) is 1. The Morgan fingerprint density at radius 3 is 1.97 bits per heavy atom. The maximum absolute atomic E-state index is 12.9. The molecule has 0 spiro atoms. The SMILES string of the molecule is C[C@@H]1CCCCN1S(=O)(=O)c1ccc(C(=O)NNC(=O)c2ccc(F)cc2)cc1. The first-order chi connectivity index (χ1) is 13.8. The highest BCUT2D eigenvalue weighted by Crippen LogP contribution is 2.25. The van der Waals surface area contributed by atoms with Gasteiger partial charge in [-0.3, -0.25) is 20.4 Å². The van der Waals surface area contributed by atoms with Crippen LogP contribution in [0.5, 0.6) is 0 Å². The summed E-state index contributed by atoms with van der Waals surface area (Å²) in [7, 11) is -3.62. The lowest BCUT2D eigenvalue weighted by Gasteiger charge is -2.32. The van der Waals surface area contributed by atoms with Crippen molar-refractivity contribution in [1.29, 1.82) is 0 Å². The van der Waals surface area contributed by atoms with Crippen molar-refractivity contribution in [2.75, 3.05) is 6.54 Å². The van der Waals surface area contributed by atoms with Crippen molar-refractivity contribution in [2.45, 2.75) is 37.1 Å². The highest BCUT2D eigenvalue weighted by molar-refractivity contribution is 7.89. The van der Waals surface area contributed by atoms with Crippen LogP contribution in [0.1, 0.15) is 46.9 Å². The summed E-state index contributed by atoms with van der Waals surface area (Å²) in [6.07, 6.45) is 2.67. The number of hydrogen-bond acceptors (Lipinski definition) is 4. The van der Waals surface area contributed by atoms with E-state index in [1.165, 1.54) is 40.7 Å². The number of benzene rings is 2. The van der Waals surface area contributed by atoms with E-state index in [-0.39, 0.29) is 22.1 Å². The van der Waals surface area contributed by atoms with Crippen LogP contribution in [-0.2, 0) is 10.0 Å². The third-order valence-corrected chi connectivity index (χ3v) is 6.89. The Balaban J connectivity index is 1.64. The smallest absolute Gasteiger partial charge is 0.267 e. The predicted octanol–water partition coefficient (Wildman–Crippen LogP) is 2.46. The van der Waals surface area contributed by atoms with Gasteiger partial charge in [-0.05, 0) is 68.3 Å². The summed E-state index contributed by atoms with van der Waals surface area (Å²) < 4.78 is 40.0. The summed E-state index contributed by atoms with van der Waals surface area (Å²) in [4.78, 5) is 24.3. The lowest BCUT2D eigenvalue weighted by atomic mass is 10.1. The highest BCUT2D eigenvalue weighted by atomic mass is 32.2. The number of carbonyl (C=O) groups excluding carboxylic acids is 2. The van der Waals surface area contributed by atoms with Crippen molar-refractivity contribution < 1.29 is 22.4 Å². The standard InChI is InChI=1S/C20H22FN3O4S/c1-14-4-2-3-13-24(14)29(27,28)18-11-7-16(8-12-18)20(26)23-22-19(25)15-5-9-17(21)10-6-15/h5-12,14H,2-4,13H2,1H3,(H,22,25)(H,23,26)/t14-/m1/s1. The number of carbonyl (C=O) groups is 2. The Labute approximate surface area is 168 Å². The van der Waals surface area contributed by atoms with Gasteiger partial charge in [-0.15, -0.1) is 0 Å². The molecule has 1 atom stereocenters. The van der Waals surface area contributed by atoms with E-state index >= 15 is 0 Å². The van der Waals surface area contributed by atoms with Gasteiger partial charge in [0.2, 0.25) is 10.0 Å². The van der Waals surface area contributed by atoms with E-state index in [0.717, 1.165) is 31.4 Å². The van der Waals surface area contributed by atoms with Crippen LogP contribution >= 0.6 is 0 Å². The third-order valence-electron chi connectivity index (χ3n) is 4.86. The number of hydrogen-bond donors (Lipinski definition) is 2. The molecule has 1 aliphatic heterocycles. The van der Waals surface area contributed by atoms with E-state index in [9.17, 15) is 22.4 Å². The summed E-state index contributed by atoms with van der Waals surface area (Å²) in [5.41, 5.74) is 4.85. The molecule has 2 N–H and O–H groups in total. The topological polar surface area (TPSA) is 95.6 Å². The summed E-state index contributed by atoms with van der Waals surface area (Å²) in [5, 5.41) is 0.